The van der Waals surface area contributed by atoms with Crippen molar-refractivity contribution in [1.29, 1.82) is 0 Å². The van der Waals surface area contributed by atoms with Crippen LogP contribution in [0.15, 0.2) is 12.1 Å². The van der Waals surface area contributed by atoms with Gasteiger partial charge in [-0.15, -0.1) is 11.6 Å². The Morgan fingerprint density at radius 2 is 2.31 bits per heavy atom. The van der Waals surface area contributed by atoms with Gasteiger partial charge >= 0.3 is 0 Å². The number of aromatic nitrogens is 1. The quantitative estimate of drug-likeness (QED) is 0.498. The number of hydrogen-bond donors (Lipinski definition) is 0. The van der Waals surface area contributed by atoms with Crippen molar-refractivity contribution < 1.29 is 4.39 Å². The fourth-order valence-electron chi connectivity index (χ4n) is 0.821. The number of alkyl halides is 1. The van der Waals surface area contributed by atoms with Crippen molar-refractivity contribution in [3.05, 3.63) is 29.3 Å². The zero-order valence-corrected chi connectivity index (χ0v) is 8.03. The predicted molar refractivity (Wildman–Crippen MR) is 51.1 cm³/mol. The molecule has 0 N–H and O–H groups in total. The highest BCUT2D eigenvalue weighted by atomic mass is 35.5. The summed E-state index contributed by atoms with van der Waals surface area (Å²) in [5.74, 6) is 5.45. The van der Waals surface area contributed by atoms with Crippen LogP contribution in [0.25, 0.3) is 0 Å². The van der Waals surface area contributed by atoms with Crippen molar-refractivity contribution in [3.63, 3.8) is 0 Å². The Kier molecular flexibility index (Phi) is 3.72. The van der Waals surface area contributed by atoms with Gasteiger partial charge in [-0.2, -0.15) is 0 Å². The molecule has 0 radical (unpaired) electrons. The van der Waals surface area contributed by atoms with Crippen LogP contribution in [0, 0.1) is 24.6 Å². The predicted octanol–water partition coefficient (Wildman–Crippen LogP) is 2.51. The molecule has 1 aromatic rings. The second kappa shape index (κ2) is 4.84. The van der Waals surface area contributed by atoms with Gasteiger partial charge < -0.3 is 0 Å². The highest BCUT2D eigenvalue weighted by Gasteiger charge is 1.98. The maximum absolute atomic E-state index is 13.0. The number of halogens is 2. The van der Waals surface area contributed by atoms with Crippen LogP contribution in [0.5, 0.6) is 0 Å². The maximum atomic E-state index is 13.0. The van der Waals surface area contributed by atoms with E-state index < -0.39 is 0 Å². The molecule has 0 aliphatic rings. The first-order chi connectivity index (χ1) is 6.24. The first-order valence-corrected chi connectivity index (χ1v) is 4.45. The lowest BCUT2D eigenvalue weighted by Crippen LogP contribution is -1.91. The van der Waals surface area contributed by atoms with Gasteiger partial charge in [0.05, 0.1) is 0 Å². The summed E-state index contributed by atoms with van der Waals surface area (Å²) in [5.41, 5.74) is 0.960. The smallest absolute Gasteiger partial charge is 0.157 e. The minimum Gasteiger partial charge on any atom is -0.242 e. The van der Waals surface area contributed by atoms with E-state index in [-0.39, 0.29) is 11.5 Å². The van der Waals surface area contributed by atoms with Crippen LogP contribution in [0.2, 0.25) is 0 Å². The van der Waals surface area contributed by atoms with Gasteiger partial charge in [-0.3, -0.25) is 0 Å². The average molecular weight is 198 g/mol. The molecule has 0 saturated carbocycles. The zero-order valence-electron chi connectivity index (χ0n) is 7.27. The molecule has 1 rings (SSSR count). The van der Waals surface area contributed by atoms with Gasteiger partial charge in [0.25, 0.3) is 0 Å². The van der Waals surface area contributed by atoms with Gasteiger partial charge in [0.1, 0.15) is 5.69 Å². The van der Waals surface area contributed by atoms with Crippen LogP contribution in [-0.2, 0) is 0 Å². The molecule has 0 unspecified atom stereocenters. The Labute approximate surface area is 81.9 Å². The Balaban J connectivity index is 2.89. The Hall–Kier alpha value is -1.07. The molecule has 3 heteroatoms. The summed E-state index contributed by atoms with van der Waals surface area (Å²) >= 11 is 5.42. The molecular formula is C10H9ClFN. The summed E-state index contributed by atoms with van der Waals surface area (Å²) in [4.78, 5) is 3.95. The van der Waals surface area contributed by atoms with Crippen LogP contribution >= 0.6 is 11.6 Å². The van der Waals surface area contributed by atoms with Gasteiger partial charge in [0.2, 0.25) is 0 Å². The lowest BCUT2D eigenvalue weighted by Gasteiger charge is -1.94. The molecule has 0 saturated heterocycles. The van der Waals surface area contributed by atoms with Crippen LogP contribution in [0.4, 0.5) is 4.39 Å². The van der Waals surface area contributed by atoms with Crippen LogP contribution in [0.3, 0.4) is 0 Å². The molecule has 0 aliphatic carbocycles. The van der Waals surface area contributed by atoms with Gasteiger partial charge in [0.15, 0.2) is 5.82 Å². The lowest BCUT2D eigenvalue weighted by molar-refractivity contribution is 0.616. The third-order valence-electron chi connectivity index (χ3n) is 1.41. The second-order valence-electron chi connectivity index (χ2n) is 2.52. The summed E-state index contributed by atoms with van der Waals surface area (Å²) in [6.07, 6.45) is 0.552. The van der Waals surface area contributed by atoms with Crippen molar-refractivity contribution in [2.75, 3.05) is 5.88 Å². The fraction of sp³-hybridized carbons (Fsp3) is 0.300. The van der Waals surface area contributed by atoms with Crippen molar-refractivity contribution in [3.8, 4) is 11.8 Å². The topological polar surface area (TPSA) is 12.9 Å². The van der Waals surface area contributed by atoms with Crippen LogP contribution < -0.4 is 0 Å². The molecule has 1 nitrogen and oxygen atoms in total. The van der Waals surface area contributed by atoms with E-state index in [4.69, 9.17) is 11.6 Å². The van der Waals surface area contributed by atoms with Gasteiger partial charge in [-0.05, 0) is 25.0 Å². The molecule has 68 valence electrons. The number of pyridine rings is 1. The number of aryl methyl sites for hydroxylation is 1. The summed E-state index contributed by atoms with van der Waals surface area (Å²) in [6.45, 7) is 1.80. The Morgan fingerprint density at radius 3 is 3.00 bits per heavy atom. The number of nitrogens with zero attached hydrogens (tertiary/aromatic N) is 1. The van der Waals surface area contributed by atoms with Crippen molar-refractivity contribution in [2.24, 2.45) is 0 Å². The fourth-order valence-corrected chi connectivity index (χ4v) is 0.915. The van der Waals surface area contributed by atoms with Crippen molar-refractivity contribution in [2.45, 2.75) is 13.3 Å². The first kappa shape index (κ1) is 10.0. The lowest BCUT2D eigenvalue weighted by atomic mass is 10.3. The molecule has 0 aliphatic heterocycles. The van der Waals surface area contributed by atoms with Crippen molar-refractivity contribution in [1.82, 2.24) is 4.98 Å². The number of hydrogen-bond acceptors (Lipinski definition) is 1. The highest BCUT2D eigenvalue weighted by molar-refractivity contribution is 6.18. The SMILES string of the molecule is Cc1ccc(F)c(C#CCCCl)n1. The third-order valence-corrected chi connectivity index (χ3v) is 1.60. The monoisotopic (exact) mass is 197 g/mol. The molecule has 0 atom stereocenters. The summed E-state index contributed by atoms with van der Waals surface area (Å²) < 4.78 is 13.0. The standard InChI is InChI=1S/C10H9ClFN/c1-8-5-6-9(12)10(13-8)4-2-3-7-11/h5-6H,3,7H2,1H3. The van der Waals surface area contributed by atoms with Crippen molar-refractivity contribution >= 4 is 11.6 Å². The molecule has 1 aromatic heterocycles. The minimum atomic E-state index is -0.382. The summed E-state index contributed by atoms with van der Waals surface area (Å²) in [6, 6.07) is 2.98. The number of rotatable bonds is 1. The first-order valence-electron chi connectivity index (χ1n) is 3.92. The second-order valence-corrected chi connectivity index (χ2v) is 2.90. The van der Waals surface area contributed by atoms with E-state index in [1.165, 1.54) is 6.07 Å². The molecule has 0 spiro atoms. The molecule has 0 amide bonds. The van der Waals surface area contributed by atoms with E-state index in [1.54, 1.807) is 13.0 Å². The Bertz CT molecular complexity index is 352. The highest BCUT2D eigenvalue weighted by Crippen LogP contribution is 2.03. The van der Waals surface area contributed by atoms with Gasteiger partial charge in [-0.25, -0.2) is 9.37 Å². The zero-order chi connectivity index (χ0) is 9.68. The van der Waals surface area contributed by atoms with E-state index in [9.17, 15) is 4.39 Å². The van der Waals surface area contributed by atoms with Gasteiger partial charge in [-0.1, -0.05) is 5.92 Å². The van der Waals surface area contributed by atoms with E-state index >= 15 is 0 Å². The average Bonchev–Trinajstić information content (AvgIpc) is 2.11. The maximum Gasteiger partial charge on any atom is 0.157 e. The normalized spacial score (nSPS) is 9.15. The molecule has 1 heterocycles. The van der Waals surface area contributed by atoms with E-state index in [1.807, 2.05) is 0 Å². The van der Waals surface area contributed by atoms with Crippen LogP contribution in [-0.4, -0.2) is 10.9 Å². The summed E-state index contributed by atoms with van der Waals surface area (Å²) in [7, 11) is 0. The van der Waals surface area contributed by atoms with Crippen LogP contribution in [0.1, 0.15) is 17.8 Å². The van der Waals surface area contributed by atoms with Gasteiger partial charge in [0, 0.05) is 18.0 Å². The van der Waals surface area contributed by atoms with E-state index in [0.29, 0.717) is 12.3 Å². The largest absolute Gasteiger partial charge is 0.242 e. The minimum absolute atomic E-state index is 0.199. The molecule has 0 bridgehead atoms. The molecule has 0 fully saturated rings. The third kappa shape index (κ3) is 3.04. The molecule has 0 aromatic carbocycles. The molecular weight excluding hydrogens is 189 g/mol. The molecule has 13 heavy (non-hydrogen) atoms. The Morgan fingerprint density at radius 1 is 1.54 bits per heavy atom. The van der Waals surface area contributed by atoms with E-state index in [0.717, 1.165) is 5.69 Å². The summed E-state index contributed by atoms with van der Waals surface area (Å²) in [5, 5.41) is 0. The van der Waals surface area contributed by atoms with E-state index in [2.05, 4.69) is 16.8 Å².